The molecule has 1 saturated carbocycles. The molecule has 1 aromatic rings. The summed E-state index contributed by atoms with van der Waals surface area (Å²) in [5.41, 5.74) is 1.80. The Kier molecular flexibility index (Phi) is 4.23. The lowest BCUT2D eigenvalue weighted by molar-refractivity contribution is -0.0612. The molecule has 3 atom stereocenters. The van der Waals surface area contributed by atoms with Gasteiger partial charge in [-0.3, -0.25) is 0 Å². The summed E-state index contributed by atoms with van der Waals surface area (Å²) in [6, 6.07) is 8.29. The molecule has 0 spiro atoms. The van der Waals surface area contributed by atoms with Gasteiger partial charge in [0.25, 0.3) is 0 Å². The maximum atomic E-state index is 10.7. The minimum absolute atomic E-state index is 0.358. The summed E-state index contributed by atoms with van der Waals surface area (Å²) >= 11 is 0. The highest BCUT2D eigenvalue weighted by Crippen LogP contribution is 2.40. The highest BCUT2D eigenvalue weighted by atomic mass is 16.3. The molecule has 3 rings (SSSR count). The molecule has 1 saturated heterocycles. The van der Waals surface area contributed by atoms with Crippen molar-refractivity contribution < 1.29 is 10.2 Å². The summed E-state index contributed by atoms with van der Waals surface area (Å²) in [7, 11) is 0. The number of hydrogen-bond donors (Lipinski definition) is 2. The van der Waals surface area contributed by atoms with E-state index in [1.165, 1.54) is 18.5 Å². The number of piperidine rings is 1. The van der Waals surface area contributed by atoms with Crippen molar-refractivity contribution in [2.75, 3.05) is 18.0 Å². The zero-order chi connectivity index (χ0) is 14.9. The summed E-state index contributed by atoms with van der Waals surface area (Å²) in [5.74, 6) is 0.418. The van der Waals surface area contributed by atoms with E-state index in [-0.39, 0.29) is 6.10 Å². The van der Waals surface area contributed by atoms with Crippen LogP contribution in [0.3, 0.4) is 0 Å². The van der Waals surface area contributed by atoms with E-state index in [0.29, 0.717) is 5.92 Å². The molecule has 1 aromatic carbocycles. The predicted molar refractivity (Wildman–Crippen MR) is 85.4 cm³/mol. The fraction of sp³-hybridized carbons (Fsp3) is 0.667. The van der Waals surface area contributed by atoms with Gasteiger partial charge in [-0.2, -0.15) is 0 Å². The minimum atomic E-state index is -0.410. The van der Waals surface area contributed by atoms with Crippen LogP contribution in [0, 0.1) is 5.92 Å². The van der Waals surface area contributed by atoms with Gasteiger partial charge in [-0.05, 0) is 43.4 Å². The minimum Gasteiger partial charge on any atom is -0.389 e. The molecule has 3 heteroatoms. The molecule has 2 aliphatic rings. The lowest BCUT2D eigenvalue weighted by atomic mass is 9.71. The van der Waals surface area contributed by atoms with Crippen LogP contribution in [0.1, 0.15) is 57.1 Å². The van der Waals surface area contributed by atoms with Gasteiger partial charge in [0, 0.05) is 24.7 Å². The molecule has 0 aromatic heterocycles. The third kappa shape index (κ3) is 2.95. The number of nitrogens with zero attached hydrogens (tertiary/aromatic N) is 1. The molecule has 116 valence electrons. The average Bonchev–Trinajstić information content (AvgIpc) is 2.53. The second kappa shape index (κ2) is 5.98. The normalized spacial score (nSPS) is 30.8. The van der Waals surface area contributed by atoms with Gasteiger partial charge >= 0.3 is 0 Å². The van der Waals surface area contributed by atoms with Gasteiger partial charge < -0.3 is 15.1 Å². The fourth-order valence-electron chi connectivity index (χ4n) is 3.95. The number of fused-ring (bicyclic) bond motifs is 1. The van der Waals surface area contributed by atoms with E-state index in [2.05, 4.69) is 17.0 Å². The van der Waals surface area contributed by atoms with Gasteiger partial charge in [-0.1, -0.05) is 31.9 Å². The molecule has 3 nitrogen and oxygen atoms in total. The Labute approximate surface area is 127 Å². The van der Waals surface area contributed by atoms with Crippen molar-refractivity contribution in [3.8, 4) is 0 Å². The largest absolute Gasteiger partial charge is 0.389 e. The zero-order valence-corrected chi connectivity index (χ0v) is 13.0. The van der Waals surface area contributed by atoms with Crippen molar-refractivity contribution in [2.24, 2.45) is 5.92 Å². The number of anilines is 1. The van der Waals surface area contributed by atoms with Crippen molar-refractivity contribution in [3.05, 3.63) is 29.8 Å². The van der Waals surface area contributed by atoms with E-state index < -0.39 is 5.60 Å². The first-order chi connectivity index (χ1) is 10.1. The van der Waals surface area contributed by atoms with Gasteiger partial charge in [-0.25, -0.2) is 0 Å². The smallest absolute Gasteiger partial charge is 0.0787 e. The van der Waals surface area contributed by atoms with Crippen LogP contribution in [0.4, 0.5) is 5.69 Å². The first-order valence-corrected chi connectivity index (χ1v) is 8.38. The van der Waals surface area contributed by atoms with Gasteiger partial charge in [-0.15, -0.1) is 0 Å². The molecule has 0 bridgehead atoms. The highest BCUT2D eigenvalue weighted by molar-refractivity contribution is 5.48. The van der Waals surface area contributed by atoms with Crippen LogP contribution in [-0.2, 0) is 0 Å². The van der Waals surface area contributed by atoms with Crippen LogP contribution in [0.15, 0.2) is 24.3 Å². The van der Waals surface area contributed by atoms with Gasteiger partial charge in [0.15, 0.2) is 0 Å². The highest BCUT2D eigenvalue weighted by Gasteiger charge is 2.42. The van der Waals surface area contributed by atoms with E-state index in [1.807, 2.05) is 19.1 Å². The van der Waals surface area contributed by atoms with Crippen LogP contribution in [-0.4, -0.2) is 28.9 Å². The standard InChI is InChI=1S/C18H27NO2/c1-2-17(20)14-6-8-16(9-7-14)19-12-11-18(21)10-4-3-5-15(18)13-19/h6-9,15,17,20-21H,2-5,10-13H2,1H3. The molecule has 1 aliphatic carbocycles. The lowest BCUT2D eigenvalue weighted by Crippen LogP contribution is -2.53. The summed E-state index contributed by atoms with van der Waals surface area (Å²) in [4.78, 5) is 2.40. The van der Waals surface area contributed by atoms with Crippen LogP contribution in [0.2, 0.25) is 0 Å². The Morgan fingerprint density at radius 1 is 1.24 bits per heavy atom. The molecule has 1 aliphatic heterocycles. The Morgan fingerprint density at radius 3 is 2.71 bits per heavy atom. The maximum absolute atomic E-state index is 10.7. The van der Waals surface area contributed by atoms with E-state index in [9.17, 15) is 10.2 Å². The number of benzene rings is 1. The Morgan fingerprint density at radius 2 is 2.00 bits per heavy atom. The summed E-state index contributed by atoms with van der Waals surface area (Å²) in [6.45, 7) is 3.89. The monoisotopic (exact) mass is 289 g/mol. The number of rotatable bonds is 3. The Bertz CT molecular complexity index is 473. The third-order valence-electron chi connectivity index (χ3n) is 5.46. The molecule has 3 unspecified atom stereocenters. The van der Waals surface area contributed by atoms with Gasteiger partial charge in [0.05, 0.1) is 11.7 Å². The Balaban J connectivity index is 1.70. The van der Waals surface area contributed by atoms with E-state index in [4.69, 9.17) is 0 Å². The van der Waals surface area contributed by atoms with Crippen molar-refractivity contribution in [2.45, 2.75) is 57.2 Å². The average molecular weight is 289 g/mol. The van der Waals surface area contributed by atoms with Crippen molar-refractivity contribution >= 4 is 5.69 Å². The van der Waals surface area contributed by atoms with Crippen LogP contribution >= 0.6 is 0 Å². The molecule has 1 heterocycles. The van der Waals surface area contributed by atoms with Crippen molar-refractivity contribution in [1.29, 1.82) is 0 Å². The number of aliphatic hydroxyl groups excluding tert-OH is 1. The van der Waals surface area contributed by atoms with E-state index >= 15 is 0 Å². The van der Waals surface area contributed by atoms with Gasteiger partial charge in [0.1, 0.15) is 0 Å². The molecule has 0 amide bonds. The van der Waals surface area contributed by atoms with Crippen molar-refractivity contribution in [3.63, 3.8) is 0 Å². The third-order valence-corrected chi connectivity index (χ3v) is 5.46. The van der Waals surface area contributed by atoms with Crippen LogP contribution in [0.25, 0.3) is 0 Å². The second-order valence-corrected chi connectivity index (χ2v) is 6.76. The molecular formula is C18H27NO2. The molecule has 2 N–H and O–H groups in total. The molecule has 2 fully saturated rings. The topological polar surface area (TPSA) is 43.7 Å². The summed E-state index contributed by atoms with van der Waals surface area (Å²) < 4.78 is 0. The first-order valence-electron chi connectivity index (χ1n) is 8.38. The maximum Gasteiger partial charge on any atom is 0.0787 e. The fourth-order valence-corrected chi connectivity index (χ4v) is 3.95. The summed E-state index contributed by atoms with van der Waals surface area (Å²) in [5, 5.41) is 20.6. The second-order valence-electron chi connectivity index (χ2n) is 6.76. The van der Waals surface area contributed by atoms with Crippen LogP contribution < -0.4 is 4.90 Å². The molecule has 21 heavy (non-hydrogen) atoms. The summed E-state index contributed by atoms with van der Waals surface area (Å²) in [6.07, 6.45) is 5.84. The quantitative estimate of drug-likeness (QED) is 0.897. The SMILES string of the molecule is CCC(O)c1ccc(N2CCC3(O)CCCCC3C2)cc1. The predicted octanol–water partition coefficient (Wildman–Crippen LogP) is 3.26. The van der Waals surface area contributed by atoms with Gasteiger partial charge in [0.2, 0.25) is 0 Å². The molecule has 0 radical (unpaired) electrons. The van der Waals surface area contributed by atoms with E-state index in [0.717, 1.165) is 44.3 Å². The van der Waals surface area contributed by atoms with Crippen LogP contribution in [0.5, 0.6) is 0 Å². The zero-order valence-electron chi connectivity index (χ0n) is 13.0. The molecular weight excluding hydrogens is 262 g/mol. The number of hydrogen-bond acceptors (Lipinski definition) is 3. The Hall–Kier alpha value is -1.06. The first kappa shape index (κ1) is 14.9. The number of aliphatic hydroxyl groups is 2. The van der Waals surface area contributed by atoms with E-state index in [1.54, 1.807) is 0 Å². The lowest BCUT2D eigenvalue weighted by Gasteiger charge is -2.48. The van der Waals surface area contributed by atoms with Crippen molar-refractivity contribution in [1.82, 2.24) is 0 Å².